The number of rotatable bonds is 6. The normalized spacial score (nSPS) is 24.9. The highest BCUT2D eigenvalue weighted by Crippen LogP contribution is 2.38. The Morgan fingerprint density at radius 2 is 2.20 bits per heavy atom. The van der Waals surface area contributed by atoms with Crippen molar-refractivity contribution >= 4 is 21.6 Å². The first-order chi connectivity index (χ1) is 9.56. The van der Waals surface area contributed by atoms with Gasteiger partial charge in [0.05, 0.1) is 18.1 Å². The molecule has 0 radical (unpaired) electrons. The van der Waals surface area contributed by atoms with Gasteiger partial charge in [-0.2, -0.15) is 0 Å². The molecule has 0 spiro atoms. The van der Waals surface area contributed by atoms with Crippen LogP contribution in [0.5, 0.6) is 11.5 Å². The molecule has 1 aliphatic rings. The van der Waals surface area contributed by atoms with Gasteiger partial charge in [0.25, 0.3) is 5.69 Å². The Bertz CT molecular complexity index is 496. The molecule has 1 aliphatic carbocycles. The summed E-state index contributed by atoms with van der Waals surface area (Å²) in [6, 6.07) is 4.31. The second kappa shape index (κ2) is 6.41. The molecule has 3 unspecified atom stereocenters. The van der Waals surface area contributed by atoms with E-state index in [0.717, 1.165) is 6.42 Å². The molecule has 6 nitrogen and oxygen atoms in total. The van der Waals surface area contributed by atoms with Crippen LogP contribution in [0.1, 0.15) is 13.3 Å². The quantitative estimate of drug-likeness (QED) is 0.450. The maximum Gasteiger partial charge on any atom is 0.273 e. The van der Waals surface area contributed by atoms with E-state index in [9.17, 15) is 10.1 Å². The average molecular weight is 346 g/mol. The molecule has 1 aromatic rings. The number of nitrogens with zero attached hydrogens (tertiary/aromatic N) is 1. The van der Waals surface area contributed by atoms with Crippen molar-refractivity contribution in [1.82, 2.24) is 0 Å². The summed E-state index contributed by atoms with van der Waals surface area (Å²) in [6.07, 6.45) is 0.736. The van der Waals surface area contributed by atoms with Gasteiger partial charge in [-0.3, -0.25) is 10.1 Å². The van der Waals surface area contributed by atoms with Crippen molar-refractivity contribution < 1.29 is 19.1 Å². The van der Waals surface area contributed by atoms with E-state index in [1.54, 1.807) is 6.07 Å². The van der Waals surface area contributed by atoms with E-state index in [4.69, 9.17) is 14.2 Å². The fraction of sp³-hybridized carbons (Fsp3) is 0.538. The number of nitro benzene ring substituents is 1. The molecule has 0 saturated heterocycles. The first kappa shape index (κ1) is 15.1. The summed E-state index contributed by atoms with van der Waals surface area (Å²) in [4.78, 5) is 10.5. The topological polar surface area (TPSA) is 70.8 Å². The zero-order valence-electron chi connectivity index (χ0n) is 11.2. The largest absolute Gasteiger partial charge is 0.493 e. The lowest BCUT2D eigenvalue weighted by Crippen LogP contribution is -2.52. The van der Waals surface area contributed by atoms with Gasteiger partial charge in [0, 0.05) is 23.9 Å². The SMILES string of the molecule is CCOC1C(Br)CC1Oc1ccc([N+](=O)[O-])cc1OC. The van der Waals surface area contributed by atoms with Crippen LogP contribution in [-0.2, 0) is 4.74 Å². The second-order valence-corrected chi connectivity index (χ2v) is 5.60. The summed E-state index contributed by atoms with van der Waals surface area (Å²) in [7, 11) is 1.46. The van der Waals surface area contributed by atoms with Gasteiger partial charge in [-0.1, -0.05) is 15.9 Å². The molecule has 0 heterocycles. The van der Waals surface area contributed by atoms with Crippen molar-refractivity contribution in [3.8, 4) is 11.5 Å². The molecule has 3 atom stereocenters. The molecule has 110 valence electrons. The number of hydrogen-bond donors (Lipinski definition) is 0. The van der Waals surface area contributed by atoms with E-state index in [-0.39, 0.29) is 22.7 Å². The highest BCUT2D eigenvalue weighted by atomic mass is 79.9. The summed E-state index contributed by atoms with van der Waals surface area (Å²) in [5, 5.41) is 10.7. The van der Waals surface area contributed by atoms with E-state index in [2.05, 4.69) is 15.9 Å². The van der Waals surface area contributed by atoms with Crippen molar-refractivity contribution in [3.05, 3.63) is 28.3 Å². The summed E-state index contributed by atoms with van der Waals surface area (Å²) in [5.74, 6) is 0.847. The molecule has 1 fully saturated rings. The molecule has 0 aromatic heterocycles. The fourth-order valence-corrected chi connectivity index (χ4v) is 2.94. The number of halogens is 1. The van der Waals surface area contributed by atoms with Gasteiger partial charge in [-0.15, -0.1) is 0 Å². The minimum absolute atomic E-state index is 0.0140. The molecule has 0 bridgehead atoms. The van der Waals surface area contributed by atoms with Crippen LogP contribution in [0.15, 0.2) is 18.2 Å². The third kappa shape index (κ3) is 3.04. The first-order valence-electron chi connectivity index (χ1n) is 6.31. The lowest BCUT2D eigenvalue weighted by atomic mass is 9.91. The van der Waals surface area contributed by atoms with Crippen LogP contribution in [-0.4, -0.2) is 35.7 Å². The Hall–Kier alpha value is -1.34. The predicted molar refractivity (Wildman–Crippen MR) is 76.8 cm³/mol. The number of non-ortho nitro benzene ring substituents is 1. The van der Waals surface area contributed by atoms with Crippen LogP contribution in [0.2, 0.25) is 0 Å². The van der Waals surface area contributed by atoms with Crippen molar-refractivity contribution in [3.63, 3.8) is 0 Å². The molecule has 0 amide bonds. The molecular weight excluding hydrogens is 330 g/mol. The monoisotopic (exact) mass is 345 g/mol. The standard InChI is InChI=1S/C13H16BrNO5/c1-3-19-13-9(14)7-12(13)20-10-5-4-8(15(16)17)6-11(10)18-2/h4-6,9,12-13H,3,7H2,1-2H3. The first-order valence-corrected chi connectivity index (χ1v) is 7.23. The smallest absolute Gasteiger partial charge is 0.273 e. The third-order valence-electron chi connectivity index (χ3n) is 3.18. The Morgan fingerprint density at radius 1 is 1.45 bits per heavy atom. The lowest BCUT2D eigenvalue weighted by Gasteiger charge is -2.40. The van der Waals surface area contributed by atoms with Crippen LogP contribution in [0.4, 0.5) is 5.69 Å². The number of nitro groups is 1. The summed E-state index contributed by atoms with van der Waals surface area (Å²) < 4.78 is 16.6. The molecule has 2 rings (SSSR count). The predicted octanol–water partition coefficient (Wildman–Crippen LogP) is 2.92. The van der Waals surface area contributed by atoms with Gasteiger partial charge in [-0.05, 0) is 13.0 Å². The Morgan fingerprint density at radius 3 is 2.75 bits per heavy atom. The van der Waals surface area contributed by atoms with Crippen LogP contribution in [0, 0.1) is 10.1 Å². The zero-order valence-corrected chi connectivity index (χ0v) is 12.8. The minimum atomic E-state index is -0.465. The number of ether oxygens (including phenoxy) is 3. The Kier molecular flexibility index (Phi) is 4.82. The van der Waals surface area contributed by atoms with Crippen molar-refractivity contribution in [2.24, 2.45) is 0 Å². The average Bonchev–Trinajstić information content (AvgIpc) is 2.44. The van der Waals surface area contributed by atoms with Crippen molar-refractivity contribution in [2.75, 3.05) is 13.7 Å². The van der Waals surface area contributed by atoms with Crippen LogP contribution in [0.25, 0.3) is 0 Å². The van der Waals surface area contributed by atoms with E-state index >= 15 is 0 Å². The number of methoxy groups -OCH3 is 1. The van der Waals surface area contributed by atoms with E-state index in [1.165, 1.54) is 19.2 Å². The van der Waals surface area contributed by atoms with Gasteiger partial charge in [0.2, 0.25) is 0 Å². The molecule has 0 N–H and O–H groups in total. The van der Waals surface area contributed by atoms with Gasteiger partial charge in [0.15, 0.2) is 11.5 Å². The lowest BCUT2D eigenvalue weighted by molar-refractivity contribution is -0.385. The third-order valence-corrected chi connectivity index (χ3v) is 4.07. The van der Waals surface area contributed by atoms with Gasteiger partial charge >= 0.3 is 0 Å². The Balaban J connectivity index is 2.11. The number of hydrogen-bond acceptors (Lipinski definition) is 5. The summed E-state index contributed by atoms with van der Waals surface area (Å²) >= 11 is 3.52. The van der Waals surface area contributed by atoms with Gasteiger partial charge in [-0.25, -0.2) is 0 Å². The highest BCUT2D eigenvalue weighted by Gasteiger charge is 2.42. The summed E-state index contributed by atoms with van der Waals surface area (Å²) in [5.41, 5.74) is -0.0254. The molecular formula is C13H16BrNO5. The highest BCUT2D eigenvalue weighted by molar-refractivity contribution is 9.09. The van der Waals surface area contributed by atoms with Gasteiger partial charge in [0.1, 0.15) is 12.2 Å². The maximum absolute atomic E-state index is 10.7. The Labute approximate surface area is 125 Å². The van der Waals surface area contributed by atoms with Crippen LogP contribution in [0.3, 0.4) is 0 Å². The number of alkyl halides is 1. The van der Waals surface area contributed by atoms with Gasteiger partial charge < -0.3 is 14.2 Å². The van der Waals surface area contributed by atoms with E-state index < -0.39 is 4.92 Å². The number of benzene rings is 1. The van der Waals surface area contributed by atoms with Crippen molar-refractivity contribution in [1.29, 1.82) is 0 Å². The van der Waals surface area contributed by atoms with Crippen LogP contribution >= 0.6 is 15.9 Å². The zero-order chi connectivity index (χ0) is 14.7. The summed E-state index contributed by atoms with van der Waals surface area (Å²) in [6.45, 7) is 2.55. The molecule has 20 heavy (non-hydrogen) atoms. The molecule has 1 aromatic carbocycles. The second-order valence-electron chi connectivity index (χ2n) is 4.42. The molecule has 1 saturated carbocycles. The van der Waals surface area contributed by atoms with E-state index in [1.807, 2.05) is 6.92 Å². The molecule has 7 heteroatoms. The molecule has 0 aliphatic heterocycles. The van der Waals surface area contributed by atoms with Crippen molar-refractivity contribution in [2.45, 2.75) is 30.4 Å². The van der Waals surface area contributed by atoms with E-state index in [0.29, 0.717) is 18.1 Å². The van der Waals surface area contributed by atoms with Crippen LogP contribution < -0.4 is 9.47 Å². The minimum Gasteiger partial charge on any atom is -0.493 e. The fourth-order valence-electron chi connectivity index (χ4n) is 2.08. The maximum atomic E-state index is 10.7.